The van der Waals surface area contributed by atoms with Crippen LogP contribution in [0.25, 0.3) is 0 Å². The Balaban J connectivity index is 1.98. The number of hydrogen-bond acceptors (Lipinski definition) is 6. The first kappa shape index (κ1) is 14.5. The monoisotopic (exact) mass is 325 g/mol. The second-order valence-electron chi connectivity index (χ2n) is 5.50. The van der Waals surface area contributed by atoms with E-state index in [9.17, 15) is 10.2 Å². The van der Waals surface area contributed by atoms with Crippen molar-refractivity contribution in [1.29, 1.82) is 5.41 Å². The minimum Gasteiger partial charge on any atom is -0.508 e. The molecule has 24 heavy (non-hydrogen) atoms. The van der Waals surface area contributed by atoms with Crippen LogP contribution in [0.15, 0.2) is 47.3 Å². The van der Waals surface area contributed by atoms with E-state index in [1.165, 1.54) is 12.4 Å². The van der Waals surface area contributed by atoms with Gasteiger partial charge in [-0.1, -0.05) is 6.07 Å². The van der Waals surface area contributed by atoms with Crippen molar-refractivity contribution in [2.24, 2.45) is 0 Å². The zero-order valence-corrected chi connectivity index (χ0v) is 12.6. The maximum atomic E-state index is 9.73. The SMILES string of the molecule is N=c1c2c(ncn1CCO)Oc1cc(O)ccc1[C@@H]2c1ccco1. The summed E-state index contributed by atoms with van der Waals surface area (Å²) in [6, 6.07) is 8.47. The average Bonchev–Trinajstić information content (AvgIpc) is 3.10. The van der Waals surface area contributed by atoms with Crippen molar-refractivity contribution in [3.63, 3.8) is 0 Å². The minimum absolute atomic E-state index is 0.0895. The lowest BCUT2D eigenvalue weighted by Crippen LogP contribution is -2.30. The number of phenolic OH excluding ortho intramolecular Hbond substituents is 1. The van der Waals surface area contributed by atoms with Crippen LogP contribution in [-0.4, -0.2) is 26.4 Å². The quantitative estimate of drug-likeness (QED) is 0.534. The van der Waals surface area contributed by atoms with E-state index in [0.717, 1.165) is 5.56 Å². The first-order chi connectivity index (χ1) is 11.7. The zero-order chi connectivity index (χ0) is 16.7. The molecular weight excluding hydrogens is 310 g/mol. The fourth-order valence-corrected chi connectivity index (χ4v) is 2.98. The summed E-state index contributed by atoms with van der Waals surface area (Å²) in [6.07, 6.45) is 3.04. The van der Waals surface area contributed by atoms with Gasteiger partial charge in [0.25, 0.3) is 0 Å². The molecule has 3 N–H and O–H groups in total. The van der Waals surface area contributed by atoms with Crippen molar-refractivity contribution in [3.05, 3.63) is 65.3 Å². The minimum atomic E-state index is -0.370. The second kappa shape index (κ2) is 5.54. The lowest BCUT2D eigenvalue weighted by atomic mass is 9.87. The van der Waals surface area contributed by atoms with Crippen molar-refractivity contribution in [1.82, 2.24) is 9.55 Å². The third kappa shape index (κ3) is 2.17. The van der Waals surface area contributed by atoms with Gasteiger partial charge in [-0.25, -0.2) is 4.98 Å². The Morgan fingerprint density at radius 1 is 1.29 bits per heavy atom. The van der Waals surface area contributed by atoms with Crippen molar-refractivity contribution in [2.75, 3.05) is 6.61 Å². The summed E-state index contributed by atoms with van der Waals surface area (Å²) >= 11 is 0. The number of nitrogens with zero attached hydrogens (tertiary/aromatic N) is 2. The molecule has 122 valence electrons. The maximum absolute atomic E-state index is 9.73. The summed E-state index contributed by atoms with van der Waals surface area (Å²) in [7, 11) is 0. The van der Waals surface area contributed by atoms with Crippen LogP contribution in [0.4, 0.5) is 0 Å². The van der Waals surface area contributed by atoms with Crippen molar-refractivity contribution < 1.29 is 19.4 Å². The van der Waals surface area contributed by atoms with E-state index < -0.39 is 0 Å². The second-order valence-corrected chi connectivity index (χ2v) is 5.50. The molecule has 0 saturated carbocycles. The number of aliphatic hydroxyl groups excluding tert-OH is 1. The highest BCUT2D eigenvalue weighted by atomic mass is 16.5. The Morgan fingerprint density at radius 3 is 2.92 bits per heavy atom. The van der Waals surface area contributed by atoms with Gasteiger partial charge in [-0.15, -0.1) is 0 Å². The van der Waals surface area contributed by atoms with E-state index >= 15 is 0 Å². The molecule has 1 aliphatic heterocycles. The fraction of sp³-hybridized carbons (Fsp3) is 0.176. The lowest BCUT2D eigenvalue weighted by Gasteiger charge is -2.27. The van der Waals surface area contributed by atoms with Crippen molar-refractivity contribution in [2.45, 2.75) is 12.5 Å². The molecule has 7 heteroatoms. The van der Waals surface area contributed by atoms with Crippen LogP contribution >= 0.6 is 0 Å². The van der Waals surface area contributed by atoms with E-state index in [1.807, 2.05) is 6.07 Å². The van der Waals surface area contributed by atoms with Crippen molar-refractivity contribution >= 4 is 0 Å². The van der Waals surface area contributed by atoms with Gasteiger partial charge in [-0.05, 0) is 18.2 Å². The molecule has 0 radical (unpaired) electrons. The zero-order valence-electron chi connectivity index (χ0n) is 12.6. The molecule has 0 spiro atoms. The summed E-state index contributed by atoms with van der Waals surface area (Å²) in [6.45, 7) is 0.181. The standard InChI is InChI=1S/C17H15N3O4/c18-16-15-14(12-2-1-7-23-12)11-4-3-10(22)8-13(11)24-17(15)19-9-20(16)5-6-21/h1-4,7-9,14,18,21-22H,5-6H2/t14-/m1/s1. The third-order valence-corrected chi connectivity index (χ3v) is 4.06. The van der Waals surface area contributed by atoms with Gasteiger partial charge in [-0.2, -0.15) is 0 Å². The van der Waals surface area contributed by atoms with Crippen LogP contribution in [0.5, 0.6) is 17.4 Å². The van der Waals surface area contributed by atoms with Crippen molar-refractivity contribution in [3.8, 4) is 17.4 Å². The molecular formula is C17H15N3O4. The molecule has 7 nitrogen and oxygen atoms in total. The molecule has 1 atom stereocenters. The van der Waals surface area contributed by atoms with Crippen LogP contribution < -0.4 is 10.2 Å². The van der Waals surface area contributed by atoms with Gasteiger partial charge in [0.2, 0.25) is 5.88 Å². The maximum Gasteiger partial charge on any atom is 0.228 e. The number of hydrogen-bond donors (Lipinski definition) is 3. The summed E-state index contributed by atoms with van der Waals surface area (Å²) in [5.41, 5.74) is 1.56. The highest BCUT2D eigenvalue weighted by Crippen LogP contribution is 2.45. The molecule has 0 unspecified atom stereocenters. The Labute approximate surface area is 136 Å². The third-order valence-electron chi connectivity index (χ3n) is 4.06. The van der Waals surface area contributed by atoms with E-state index in [0.29, 0.717) is 23.0 Å². The van der Waals surface area contributed by atoms with E-state index in [1.54, 1.807) is 29.0 Å². The van der Waals surface area contributed by atoms with Crippen LogP contribution in [0, 0.1) is 5.41 Å². The number of fused-ring (bicyclic) bond motifs is 2. The number of ether oxygens (including phenoxy) is 1. The molecule has 1 aliphatic rings. The van der Waals surface area contributed by atoms with E-state index in [-0.39, 0.29) is 30.3 Å². The highest BCUT2D eigenvalue weighted by Gasteiger charge is 2.33. The topological polar surface area (TPSA) is 105 Å². The largest absolute Gasteiger partial charge is 0.508 e. The number of furan rings is 1. The molecule has 0 saturated heterocycles. The van der Waals surface area contributed by atoms with Crippen LogP contribution in [0.3, 0.4) is 0 Å². The van der Waals surface area contributed by atoms with E-state index in [4.69, 9.17) is 14.6 Å². The van der Waals surface area contributed by atoms with Gasteiger partial charge in [0.15, 0.2) is 0 Å². The summed E-state index contributed by atoms with van der Waals surface area (Å²) in [5.74, 6) is 1.16. The van der Waals surface area contributed by atoms with Crippen LogP contribution in [-0.2, 0) is 6.54 Å². The normalized spacial score (nSPS) is 15.5. The molecule has 4 rings (SSSR count). The summed E-state index contributed by atoms with van der Waals surface area (Å²) in [4.78, 5) is 4.27. The van der Waals surface area contributed by atoms with Crippen LogP contribution in [0.1, 0.15) is 22.8 Å². The van der Waals surface area contributed by atoms with Gasteiger partial charge < -0.3 is 23.9 Å². The summed E-state index contributed by atoms with van der Waals surface area (Å²) < 4.78 is 12.9. The number of aromatic nitrogens is 2. The van der Waals surface area contributed by atoms with Gasteiger partial charge in [0, 0.05) is 18.2 Å². The highest BCUT2D eigenvalue weighted by molar-refractivity contribution is 5.55. The molecule has 2 aromatic heterocycles. The predicted molar refractivity (Wildman–Crippen MR) is 83.0 cm³/mol. The molecule has 0 amide bonds. The number of benzene rings is 1. The number of rotatable bonds is 3. The predicted octanol–water partition coefficient (Wildman–Crippen LogP) is 1.94. The first-order valence-corrected chi connectivity index (χ1v) is 7.48. The molecule has 3 aromatic rings. The Morgan fingerprint density at radius 2 is 2.17 bits per heavy atom. The Kier molecular flexibility index (Phi) is 3.35. The van der Waals surface area contributed by atoms with Gasteiger partial charge in [0.05, 0.1) is 24.4 Å². The van der Waals surface area contributed by atoms with Gasteiger partial charge in [-0.3, -0.25) is 5.41 Å². The molecule has 1 aromatic carbocycles. The van der Waals surface area contributed by atoms with Gasteiger partial charge in [0.1, 0.15) is 29.1 Å². The number of nitrogens with one attached hydrogen (secondary N) is 1. The summed E-state index contributed by atoms with van der Waals surface area (Å²) in [5, 5.41) is 27.4. The first-order valence-electron chi connectivity index (χ1n) is 7.48. The Bertz CT molecular complexity index is 947. The fourth-order valence-electron chi connectivity index (χ4n) is 2.98. The smallest absolute Gasteiger partial charge is 0.228 e. The molecule has 0 fully saturated rings. The molecule has 3 heterocycles. The van der Waals surface area contributed by atoms with E-state index in [2.05, 4.69) is 4.98 Å². The van der Waals surface area contributed by atoms with Crippen LogP contribution in [0.2, 0.25) is 0 Å². The molecule has 0 bridgehead atoms. The van der Waals surface area contributed by atoms with Gasteiger partial charge >= 0.3 is 0 Å². The number of aromatic hydroxyl groups is 1. The molecule has 0 aliphatic carbocycles. The number of phenols is 1. The lowest BCUT2D eigenvalue weighted by molar-refractivity contribution is 0.271. The number of aliphatic hydroxyl groups is 1. The Hall–Kier alpha value is -3.06. The average molecular weight is 325 g/mol.